The van der Waals surface area contributed by atoms with Crippen molar-refractivity contribution in [2.45, 2.75) is 38.1 Å². The summed E-state index contributed by atoms with van der Waals surface area (Å²) in [4.78, 5) is 11.5. The van der Waals surface area contributed by atoms with E-state index in [2.05, 4.69) is 5.32 Å². The van der Waals surface area contributed by atoms with Gasteiger partial charge in [-0.1, -0.05) is 12.8 Å². The summed E-state index contributed by atoms with van der Waals surface area (Å²) in [6.07, 6.45) is 5.30. The molecular formula is C11H22N2O2. The average Bonchev–Trinajstić information content (AvgIpc) is 3.02. The molecule has 3 N–H and O–H groups in total. The molecule has 1 aliphatic carbocycles. The van der Waals surface area contributed by atoms with Crippen molar-refractivity contribution in [1.82, 2.24) is 5.32 Å². The van der Waals surface area contributed by atoms with Gasteiger partial charge in [0.2, 0.25) is 5.91 Å². The number of nitrogens with two attached hydrogens (primary N) is 1. The summed E-state index contributed by atoms with van der Waals surface area (Å²) >= 11 is 0. The molecule has 1 atom stereocenters. The Morgan fingerprint density at radius 1 is 1.60 bits per heavy atom. The van der Waals surface area contributed by atoms with Crippen molar-refractivity contribution in [3.05, 3.63) is 0 Å². The molecule has 4 nitrogen and oxygen atoms in total. The molecule has 0 radical (unpaired) electrons. The van der Waals surface area contributed by atoms with E-state index in [9.17, 15) is 4.79 Å². The lowest BCUT2D eigenvalue weighted by molar-refractivity contribution is -0.122. The van der Waals surface area contributed by atoms with E-state index in [1.165, 1.54) is 12.8 Å². The summed E-state index contributed by atoms with van der Waals surface area (Å²) in [7, 11) is 1.65. The number of ether oxygens (including phenoxy) is 1. The maximum atomic E-state index is 11.5. The van der Waals surface area contributed by atoms with Gasteiger partial charge in [-0.3, -0.25) is 4.79 Å². The zero-order valence-corrected chi connectivity index (χ0v) is 9.50. The zero-order chi connectivity index (χ0) is 11.1. The number of methoxy groups -OCH3 is 1. The lowest BCUT2D eigenvalue weighted by atomic mass is 10.1. The first-order valence-electron chi connectivity index (χ1n) is 5.76. The van der Waals surface area contributed by atoms with E-state index in [4.69, 9.17) is 10.5 Å². The van der Waals surface area contributed by atoms with Gasteiger partial charge in [0, 0.05) is 20.3 Å². The molecule has 4 heteroatoms. The van der Waals surface area contributed by atoms with Crippen LogP contribution < -0.4 is 11.1 Å². The van der Waals surface area contributed by atoms with Gasteiger partial charge in [0.25, 0.3) is 0 Å². The highest BCUT2D eigenvalue weighted by Crippen LogP contribution is 2.31. The van der Waals surface area contributed by atoms with Crippen LogP contribution in [0.4, 0.5) is 0 Å². The Morgan fingerprint density at radius 3 is 2.93 bits per heavy atom. The average molecular weight is 214 g/mol. The third-order valence-corrected chi connectivity index (χ3v) is 2.75. The second kappa shape index (κ2) is 6.80. The molecular weight excluding hydrogens is 192 g/mol. The summed E-state index contributed by atoms with van der Waals surface area (Å²) in [5, 5.41) is 2.88. The number of hydrogen-bond acceptors (Lipinski definition) is 3. The zero-order valence-electron chi connectivity index (χ0n) is 9.50. The molecule has 1 saturated carbocycles. The third kappa shape index (κ3) is 5.74. The Morgan fingerprint density at radius 2 is 2.33 bits per heavy atom. The second-order valence-electron chi connectivity index (χ2n) is 4.26. The molecule has 0 aromatic heterocycles. The Kier molecular flexibility index (Phi) is 5.65. The molecule has 1 amide bonds. The van der Waals surface area contributed by atoms with E-state index in [0.29, 0.717) is 13.0 Å². The molecule has 1 rings (SSSR count). The van der Waals surface area contributed by atoms with Gasteiger partial charge < -0.3 is 15.8 Å². The fraction of sp³-hybridized carbons (Fsp3) is 0.909. The predicted molar refractivity (Wildman–Crippen MR) is 59.4 cm³/mol. The van der Waals surface area contributed by atoms with Crippen molar-refractivity contribution < 1.29 is 9.53 Å². The molecule has 0 spiro atoms. The van der Waals surface area contributed by atoms with Gasteiger partial charge in [0.1, 0.15) is 0 Å². The van der Waals surface area contributed by atoms with Crippen LogP contribution in [0, 0.1) is 5.92 Å². The Labute approximate surface area is 91.5 Å². The van der Waals surface area contributed by atoms with Gasteiger partial charge >= 0.3 is 0 Å². The first-order valence-corrected chi connectivity index (χ1v) is 5.76. The minimum absolute atomic E-state index is 0.0215. The number of carbonyl (C=O) groups excluding carboxylic acids is 1. The summed E-state index contributed by atoms with van der Waals surface area (Å²) in [5.41, 5.74) is 5.72. The summed E-state index contributed by atoms with van der Waals surface area (Å²) in [5.74, 6) is 0.835. The first kappa shape index (κ1) is 12.5. The van der Waals surface area contributed by atoms with Gasteiger partial charge in [-0.2, -0.15) is 0 Å². The van der Waals surface area contributed by atoms with Crippen LogP contribution in [0.15, 0.2) is 0 Å². The van der Waals surface area contributed by atoms with Crippen LogP contribution in [0.25, 0.3) is 0 Å². The number of amides is 1. The van der Waals surface area contributed by atoms with Crippen LogP contribution in [-0.4, -0.2) is 32.2 Å². The molecule has 0 aliphatic heterocycles. The fourth-order valence-corrected chi connectivity index (χ4v) is 1.52. The number of hydrogen-bond donors (Lipinski definition) is 2. The molecule has 1 aliphatic rings. The summed E-state index contributed by atoms with van der Waals surface area (Å²) < 4.78 is 4.91. The largest absolute Gasteiger partial charge is 0.385 e. The van der Waals surface area contributed by atoms with E-state index in [0.717, 1.165) is 25.3 Å². The summed E-state index contributed by atoms with van der Waals surface area (Å²) in [6.45, 7) is 1.45. The Balaban J connectivity index is 1.98. The number of nitrogens with one attached hydrogen (secondary N) is 1. The Bertz CT molecular complexity index is 193. The maximum Gasteiger partial charge on any atom is 0.236 e. The van der Waals surface area contributed by atoms with Crippen molar-refractivity contribution >= 4 is 5.91 Å². The minimum Gasteiger partial charge on any atom is -0.385 e. The molecule has 0 heterocycles. The minimum atomic E-state index is -0.376. The van der Waals surface area contributed by atoms with Gasteiger partial charge in [-0.25, -0.2) is 0 Å². The van der Waals surface area contributed by atoms with E-state index < -0.39 is 0 Å². The highest BCUT2D eigenvalue weighted by atomic mass is 16.5. The van der Waals surface area contributed by atoms with Crippen molar-refractivity contribution in [2.75, 3.05) is 20.3 Å². The van der Waals surface area contributed by atoms with E-state index >= 15 is 0 Å². The highest BCUT2D eigenvalue weighted by Gasteiger charge is 2.21. The van der Waals surface area contributed by atoms with Gasteiger partial charge in [-0.15, -0.1) is 0 Å². The van der Waals surface area contributed by atoms with Crippen molar-refractivity contribution in [2.24, 2.45) is 11.7 Å². The number of rotatable bonds is 8. The van der Waals surface area contributed by atoms with Crippen molar-refractivity contribution in [3.8, 4) is 0 Å². The van der Waals surface area contributed by atoms with Crippen LogP contribution in [0.1, 0.15) is 32.1 Å². The quantitative estimate of drug-likeness (QED) is 0.583. The van der Waals surface area contributed by atoms with Crippen LogP contribution in [-0.2, 0) is 9.53 Å². The van der Waals surface area contributed by atoms with Gasteiger partial charge in [-0.05, 0) is 25.2 Å². The third-order valence-electron chi connectivity index (χ3n) is 2.75. The van der Waals surface area contributed by atoms with Gasteiger partial charge in [0.15, 0.2) is 0 Å². The smallest absolute Gasteiger partial charge is 0.236 e. The molecule has 0 aromatic carbocycles. The van der Waals surface area contributed by atoms with E-state index in [1.807, 2.05) is 0 Å². The van der Waals surface area contributed by atoms with Crippen molar-refractivity contribution in [3.63, 3.8) is 0 Å². The standard InChI is InChI=1S/C11H22N2O2/c1-15-8-2-3-10(12)11(14)13-7-6-9-4-5-9/h9-10H,2-8,12H2,1H3,(H,13,14). The molecule has 0 aromatic rings. The van der Waals surface area contributed by atoms with Crippen LogP contribution in [0.5, 0.6) is 0 Å². The van der Waals surface area contributed by atoms with E-state index in [1.54, 1.807) is 7.11 Å². The second-order valence-corrected chi connectivity index (χ2v) is 4.26. The fourth-order valence-electron chi connectivity index (χ4n) is 1.52. The van der Waals surface area contributed by atoms with Crippen LogP contribution in [0.3, 0.4) is 0 Å². The normalized spacial score (nSPS) is 17.5. The number of carbonyl (C=O) groups is 1. The Hall–Kier alpha value is -0.610. The SMILES string of the molecule is COCCCC(N)C(=O)NCCC1CC1. The molecule has 1 unspecified atom stereocenters. The highest BCUT2D eigenvalue weighted by molar-refractivity contribution is 5.81. The molecule has 15 heavy (non-hydrogen) atoms. The first-order chi connectivity index (χ1) is 7.24. The molecule has 1 fully saturated rings. The topological polar surface area (TPSA) is 64.3 Å². The molecule has 0 saturated heterocycles. The monoisotopic (exact) mass is 214 g/mol. The lowest BCUT2D eigenvalue weighted by Crippen LogP contribution is -2.41. The van der Waals surface area contributed by atoms with Gasteiger partial charge in [0.05, 0.1) is 6.04 Å². The molecule has 88 valence electrons. The van der Waals surface area contributed by atoms with Crippen LogP contribution in [0.2, 0.25) is 0 Å². The lowest BCUT2D eigenvalue weighted by Gasteiger charge is -2.11. The maximum absolute atomic E-state index is 11.5. The molecule has 0 bridgehead atoms. The summed E-state index contributed by atoms with van der Waals surface area (Å²) in [6, 6.07) is -0.376. The van der Waals surface area contributed by atoms with E-state index in [-0.39, 0.29) is 11.9 Å². The van der Waals surface area contributed by atoms with Crippen LogP contribution >= 0.6 is 0 Å². The van der Waals surface area contributed by atoms with Crippen molar-refractivity contribution in [1.29, 1.82) is 0 Å². The predicted octanol–water partition coefficient (Wildman–Crippen LogP) is 0.657.